The molecule has 3 atom stereocenters. The topological polar surface area (TPSA) is 43.4 Å². The van der Waals surface area contributed by atoms with Crippen molar-refractivity contribution >= 4 is 11.6 Å². The van der Waals surface area contributed by atoms with E-state index < -0.39 is 17.1 Å². The quantitative estimate of drug-likeness (QED) is 0.632. The SMILES string of the molecule is CCC(C)(OC(C)C(=O)C(C)(CC)C(C)C)C(=O)C(C)C. The first kappa shape index (κ1) is 20.3. The predicted molar refractivity (Wildman–Crippen MR) is 87.3 cm³/mol. The molecule has 0 spiro atoms. The molecule has 3 heteroatoms. The lowest BCUT2D eigenvalue weighted by atomic mass is 9.72. The van der Waals surface area contributed by atoms with Crippen molar-refractivity contribution in [3.8, 4) is 0 Å². The zero-order chi connectivity index (χ0) is 17.0. The molecule has 0 aromatic carbocycles. The zero-order valence-corrected chi connectivity index (χ0v) is 15.4. The van der Waals surface area contributed by atoms with Crippen LogP contribution in [-0.2, 0) is 14.3 Å². The van der Waals surface area contributed by atoms with E-state index in [1.54, 1.807) is 13.8 Å². The first-order valence-electron chi connectivity index (χ1n) is 8.22. The third kappa shape index (κ3) is 4.38. The molecule has 0 N–H and O–H groups in total. The number of carbonyl (C=O) groups is 2. The van der Waals surface area contributed by atoms with Crippen LogP contribution in [0, 0.1) is 17.3 Å². The minimum atomic E-state index is -0.880. The predicted octanol–water partition coefficient (Wildman–Crippen LogP) is 4.43. The minimum absolute atomic E-state index is 0.0624. The van der Waals surface area contributed by atoms with Gasteiger partial charge in [0.15, 0.2) is 11.6 Å². The average Bonchev–Trinajstić information content (AvgIpc) is 2.43. The van der Waals surface area contributed by atoms with Gasteiger partial charge in [0.2, 0.25) is 0 Å². The van der Waals surface area contributed by atoms with Gasteiger partial charge in [-0.25, -0.2) is 0 Å². The third-order valence-electron chi connectivity index (χ3n) is 5.10. The molecule has 124 valence electrons. The molecule has 0 aliphatic carbocycles. The fraction of sp³-hybridized carbons (Fsp3) is 0.889. The van der Waals surface area contributed by atoms with Crippen molar-refractivity contribution in [3.63, 3.8) is 0 Å². The van der Waals surface area contributed by atoms with Crippen LogP contribution in [0.5, 0.6) is 0 Å². The van der Waals surface area contributed by atoms with E-state index in [1.807, 2.05) is 34.6 Å². The number of ketones is 2. The van der Waals surface area contributed by atoms with Gasteiger partial charge in [0.1, 0.15) is 11.7 Å². The number of carbonyl (C=O) groups excluding carboxylic acids is 2. The molecule has 0 heterocycles. The van der Waals surface area contributed by atoms with E-state index in [0.717, 1.165) is 6.42 Å². The second kappa shape index (κ2) is 7.53. The van der Waals surface area contributed by atoms with Gasteiger partial charge in [-0.3, -0.25) is 9.59 Å². The van der Waals surface area contributed by atoms with Crippen molar-refractivity contribution < 1.29 is 14.3 Å². The Kier molecular flexibility index (Phi) is 7.28. The second-order valence-electron chi connectivity index (χ2n) is 7.15. The van der Waals surface area contributed by atoms with Crippen LogP contribution < -0.4 is 0 Å². The average molecular weight is 298 g/mol. The van der Waals surface area contributed by atoms with Crippen LogP contribution in [0.25, 0.3) is 0 Å². The van der Waals surface area contributed by atoms with Crippen LogP contribution in [-0.4, -0.2) is 23.3 Å². The monoisotopic (exact) mass is 298 g/mol. The fourth-order valence-electron chi connectivity index (χ4n) is 2.70. The molecule has 0 aromatic heterocycles. The first-order valence-corrected chi connectivity index (χ1v) is 8.22. The van der Waals surface area contributed by atoms with E-state index in [4.69, 9.17) is 4.74 Å². The Bertz CT molecular complexity index is 373. The number of hydrogen-bond donors (Lipinski definition) is 0. The lowest BCUT2D eigenvalue weighted by Gasteiger charge is -2.37. The van der Waals surface area contributed by atoms with Crippen LogP contribution in [0.15, 0.2) is 0 Å². The Morgan fingerprint density at radius 2 is 1.38 bits per heavy atom. The summed E-state index contributed by atoms with van der Waals surface area (Å²) < 4.78 is 5.97. The highest BCUT2D eigenvalue weighted by molar-refractivity contribution is 5.91. The van der Waals surface area contributed by atoms with Crippen LogP contribution >= 0.6 is 0 Å². The Labute approximate surface area is 130 Å². The second-order valence-corrected chi connectivity index (χ2v) is 7.15. The van der Waals surface area contributed by atoms with Gasteiger partial charge in [-0.05, 0) is 32.6 Å². The van der Waals surface area contributed by atoms with E-state index in [9.17, 15) is 9.59 Å². The van der Waals surface area contributed by atoms with Crippen molar-refractivity contribution in [1.82, 2.24) is 0 Å². The van der Waals surface area contributed by atoms with Crippen LogP contribution in [0.2, 0.25) is 0 Å². The van der Waals surface area contributed by atoms with Crippen molar-refractivity contribution in [2.45, 2.75) is 86.9 Å². The van der Waals surface area contributed by atoms with Gasteiger partial charge in [0.25, 0.3) is 0 Å². The Morgan fingerprint density at radius 3 is 1.67 bits per heavy atom. The molecule has 3 nitrogen and oxygen atoms in total. The zero-order valence-electron chi connectivity index (χ0n) is 15.4. The van der Waals surface area contributed by atoms with Crippen LogP contribution in [0.1, 0.15) is 75.2 Å². The summed E-state index contributed by atoms with van der Waals surface area (Å²) in [5.74, 6) is 0.304. The molecule has 0 saturated heterocycles. The molecule has 0 aromatic rings. The molecule has 0 rings (SSSR count). The number of ether oxygens (including phenoxy) is 1. The molecule has 0 radical (unpaired) electrons. The van der Waals surface area contributed by atoms with Gasteiger partial charge in [-0.2, -0.15) is 0 Å². The summed E-state index contributed by atoms with van der Waals surface area (Å²) in [6, 6.07) is 0. The smallest absolute Gasteiger partial charge is 0.167 e. The molecule has 0 aliphatic rings. The van der Waals surface area contributed by atoms with Crippen LogP contribution in [0.4, 0.5) is 0 Å². The van der Waals surface area contributed by atoms with Gasteiger partial charge >= 0.3 is 0 Å². The summed E-state index contributed by atoms with van der Waals surface area (Å²) in [5, 5.41) is 0. The first-order chi connectivity index (χ1) is 9.46. The van der Waals surface area contributed by atoms with Gasteiger partial charge in [-0.1, -0.05) is 48.5 Å². The van der Waals surface area contributed by atoms with E-state index in [2.05, 4.69) is 13.8 Å². The summed E-state index contributed by atoms with van der Waals surface area (Å²) in [6.07, 6.45) is 0.787. The summed E-state index contributed by atoms with van der Waals surface area (Å²) in [7, 11) is 0. The van der Waals surface area contributed by atoms with Crippen molar-refractivity contribution in [1.29, 1.82) is 0 Å². The molecular weight excluding hydrogens is 264 g/mol. The molecule has 0 fully saturated rings. The number of Topliss-reactive ketones (excluding diaryl/α,β-unsaturated/α-hetero) is 2. The maximum Gasteiger partial charge on any atom is 0.167 e. The van der Waals surface area contributed by atoms with Gasteiger partial charge in [-0.15, -0.1) is 0 Å². The molecule has 0 amide bonds. The van der Waals surface area contributed by atoms with Crippen molar-refractivity contribution in [2.75, 3.05) is 0 Å². The summed E-state index contributed by atoms with van der Waals surface area (Å²) >= 11 is 0. The van der Waals surface area contributed by atoms with Gasteiger partial charge in [0, 0.05) is 11.3 Å². The van der Waals surface area contributed by atoms with E-state index in [1.165, 1.54) is 0 Å². The minimum Gasteiger partial charge on any atom is -0.357 e. The van der Waals surface area contributed by atoms with E-state index in [0.29, 0.717) is 6.42 Å². The normalized spacial score (nSPS) is 19.2. The number of hydrogen-bond acceptors (Lipinski definition) is 3. The summed E-state index contributed by atoms with van der Waals surface area (Å²) in [4.78, 5) is 25.2. The standard InChI is InChI=1S/C18H34O3/c1-10-17(8,13(5)6)16(20)14(7)21-18(9,11-2)15(19)12(3)4/h12-14H,10-11H2,1-9H3. The highest BCUT2D eigenvalue weighted by atomic mass is 16.5. The lowest BCUT2D eigenvalue weighted by Crippen LogP contribution is -2.48. The molecule has 0 bridgehead atoms. The van der Waals surface area contributed by atoms with Gasteiger partial charge < -0.3 is 4.74 Å². The molecular formula is C18H34O3. The largest absolute Gasteiger partial charge is 0.357 e. The third-order valence-corrected chi connectivity index (χ3v) is 5.10. The molecule has 0 saturated carbocycles. The highest BCUT2D eigenvalue weighted by Gasteiger charge is 2.42. The van der Waals surface area contributed by atoms with Crippen molar-refractivity contribution in [2.24, 2.45) is 17.3 Å². The van der Waals surface area contributed by atoms with E-state index >= 15 is 0 Å². The number of rotatable bonds is 9. The lowest BCUT2D eigenvalue weighted by molar-refractivity contribution is -0.164. The Balaban J connectivity index is 5.23. The fourth-order valence-corrected chi connectivity index (χ4v) is 2.70. The Morgan fingerprint density at radius 1 is 0.905 bits per heavy atom. The Hall–Kier alpha value is -0.700. The highest BCUT2D eigenvalue weighted by Crippen LogP contribution is 2.35. The molecule has 0 aliphatic heterocycles. The van der Waals surface area contributed by atoms with E-state index in [-0.39, 0.29) is 23.4 Å². The van der Waals surface area contributed by atoms with Gasteiger partial charge in [0.05, 0.1) is 0 Å². The van der Waals surface area contributed by atoms with Crippen LogP contribution in [0.3, 0.4) is 0 Å². The maximum atomic E-state index is 12.8. The maximum absolute atomic E-state index is 12.8. The molecule has 21 heavy (non-hydrogen) atoms. The molecule has 3 unspecified atom stereocenters. The van der Waals surface area contributed by atoms with Crippen molar-refractivity contribution in [3.05, 3.63) is 0 Å². The summed E-state index contributed by atoms with van der Waals surface area (Å²) in [5.41, 5.74) is -1.29. The summed E-state index contributed by atoms with van der Waals surface area (Å²) in [6.45, 7) is 17.4.